The van der Waals surface area contributed by atoms with E-state index < -0.39 is 39.3 Å². The number of carbonyl (C=O) groups excluding carboxylic acids is 2. The smallest absolute Gasteiger partial charge is 0.295 e. The SMILES string of the molecule is COCCN1C(=O)C(=O)C(=C(O)c2ccc(S(=O)(=O)N3CCCCC3)cc2)C1c1ccccc1F. The van der Waals surface area contributed by atoms with Gasteiger partial charge in [-0.25, -0.2) is 12.8 Å². The first-order valence-electron chi connectivity index (χ1n) is 11.4. The van der Waals surface area contributed by atoms with Crippen LogP contribution in [0.2, 0.25) is 0 Å². The third-order valence-corrected chi connectivity index (χ3v) is 8.27. The van der Waals surface area contributed by atoms with Crippen molar-refractivity contribution in [1.29, 1.82) is 0 Å². The number of aliphatic hydroxyl groups excluding tert-OH is 1. The predicted octanol–water partition coefficient (Wildman–Crippen LogP) is 3.07. The highest BCUT2D eigenvalue weighted by molar-refractivity contribution is 7.89. The number of hydrogen-bond acceptors (Lipinski definition) is 6. The number of piperidine rings is 1. The summed E-state index contributed by atoms with van der Waals surface area (Å²) < 4.78 is 47.1. The first kappa shape index (κ1) is 25.0. The van der Waals surface area contributed by atoms with E-state index in [1.165, 1.54) is 58.8 Å². The molecule has 0 saturated carbocycles. The third-order valence-electron chi connectivity index (χ3n) is 6.36. The predicted molar refractivity (Wildman–Crippen MR) is 126 cm³/mol. The highest BCUT2D eigenvalue weighted by atomic mass is 32.2. The first-order chi connectivity index (χ1) is 16.8. The summed E-state index contributed by atoms with van der Waals surface area (Å²) in [5.74, 6) is -2.95. The maximum absolute atomic E-state index is 14.7. The maximum atomic E-state index is 14.7. The summed E-state index contributed by atoms with van der Waals surface area (Å²) in [6, 6.07) is 10.1. The molecule has 2 aliphatic rings. The van der Waals surface area contributed by atoms with Crippen molar-refractivity contribution < 1.29 is 32.2 Å². The Hall–Kier alpha value is -3.08. The Morgan fingerprint density at radius 2 is 1.71 bits per heavy atom. The summed E-state index contributed by atoms with van der Waals surface area (Å²) in [6.07, 6.45) is 2.60. The number of Topliss-reactive ketones (excluding diaryl/α,β-unsaturated/α-hetero) is 1. The number of rotatable bonds is 7. The van der Waals surface area contributed by atoms with E-state index in [1.54, 1.807) is 6.07 Å². The number of aliphatic hydroxyl groups is 1. The molecule has 4 rings (SSSR count). The minimum Gasteiger partial charge on any atom is -0.507 e. The molecule has 8 nitrogen and oxygen atoms in total. The summed E-state index contributed by atoms with van der Waals surface area (Å²) in [7, 11) is -2.24. The van der Waals surface area contributed by atoms with Gasteiger partial charge in [-0.3, -0.25) is 9.59 Å². The van der Waals surface area contributed by atoms with Gasteiger partial charge in [-0.15, -0.1) is 0 Å². The molecule has 2 heterocycles. The van der Waals surface area contributed by atoms with Crippen molar-refractivity contribution >= 4 is 27.5 Å². The molecule has 2 aromatic carbocycles. The molecule has 1 amide bonds. The zero-order chi connectivity index (χ0) is 25.2. The van der Waals surface area contributed by atoms with Crippen LogP contribution in [0, 0.1) is 5.82 Å². The number of hydrogen-bond donors (Lipinski definition) is 1. The standard InChI is InChI=1S/C25H27FN2O6S/c1-34-16-15-28-22(19-7-3-4-8-20(19)26)21(24(30)25(28)31)23(29)17-9-11-18(12-10-17)35(32,33)27-13-5-2-6-14-27/h3-4,7-12,22,29H,2,5-6,13-16H2,1H3. The van der Waals surface area contributed by atoms with E-state index in [0.717, 1.165) is 19.3 Å². The van der Waals surface area contributed by atoms with Crippen LogP contribution in [0.3, 0.4) is 0 Å². The molecule has 186 valence electrons. The second-order valence-corrected chi connectivity index (χ2v) is 10.4. The average molecular weight is 503 g/mol. The topological polar surface area (TPSA) is 104 Å². The number of sulfonamides is 1. The lowest BCUT2D eigenvalue weighted by molar-refractivity contribution is -0.140. The number of carbonyl (C=O) groups is 2. The van der Waals surface area contributed by atoms with Gasteiger partial charge in [0.25, 0.3) is 11.7 Å². The van der Waals surface area contributed by atoms with Crippen LogP contribution in [-0.2, 0) is 24.3 Å². The second kappa shape index (κ2) is 10.3. The summed E-state index contributed by atoms with van der Waals surface area (Å²) in [5.41, 5.74) is -0.0508. The second-order valence-electron chi connectivity index (χ2n) is 8.50. The van der Waals surface area contributed by atoms with Crippen molar-refractivity contribution in [2.24, 2.45) is 0 Å². The van der Waals surface area contributed by atoms with Gasteiger partial charge < -0.3 is 14.7 Å². The highest BCUT2D eigenvalue weighted by Crippen LogP contribution is 2.40. The van der Waals surface area contributed by atoms with Crippen molar-refractivity contribution in [2.45, 2.75) is 30.2 Å². The largest absolute Gasteiger partial charge is 0.507 e. The Kier molecular flexibility index (Phi) is 7.34. The Bertz CT molecular complexity index is 1250. The van der Waals surface area contributed by atoms with E-state index in [-0.39, 0.29) is 34.7 Å². The third kappa shape index (κ3) is 4.73. The van der Waals surface area contributed by atoms with E-state index in [9.17, 15) is 27.5 Å². The van der Waals surface area contributed by atoms with Crippen LogP contribution in [0.15, 0.2) is 59.0 Å². The van der Waals surface area contributed by atoms with Gasteiger partial charge in [0.05, 0.1) is 23.1 Å². The van der Waals surface area contributed by atoms with Crippen molar-refractivity contribution in [2.75, 3.05) is 33.4 Å². The minimum absolute atomic E-state index is 0.0177. The molecule has 0 aliphatic carbocycles. The zero-order valence-electron chi connectivity index (χ0n) is 19.3. The normalized spacial score (nSPS) is 21.0. The lowest BCUT2D eigenvalue weighted by atomic mass is 9.95. The lowest BCUT2D eigenvalue weighted by Crippen LogP contribution is -2.35. The Labute approximate surface area is 203 Å². The molecule has 0 radical (unpaired) electrons. The maximum Gasteiger partial charge on any atom is 0.295 e. The molecule has 2 saturated heterocycles. The van der Waals surface area contributed by atoms with Gasteiger partial charge >= 0.3 is 0 Å². The van der Waals surface area contributed by atoms with E-state index in [1.807, 2.05) is 0 Å². The van der Waals surface area contributed by atoms with Crippen molar-refractivity contribution in [3.8, 4) is 0 Å². The van der Waals surface area contributed by atoms with Gasteiger partial charge in [0.15, 0.2) is 0 Å². The molecule has 0 bridgehead atoms. The summed E-state index contributed by atoms with van der Waals surface area (Å²) in [4.78, 5) is 27.0. The molecule has 1 unspecified atom stereocenters. The van der Waals surface area contributed by atoms with Crippen LogP contribution in [0.5, 0.6) is 0 Å². The molecular formula is C25H27FN2O6S. The van der Waals surface area contributed by atoms with Gasteiger partial charge in [0.1, 0.15) is 11.6 Å². The number of methoxy groups -OCH3 is 1. The van der Waals surface area contributed by atoms with Gasteiger partial charge in [-0.1, -0.05) is 24.6 Å². The number of likely N-dealkylation sites (tertiary alicyclic amines) is 1. The number of ketones is 1. The fourth-order valence-electron chi connectivity index (χ4n) is 4.52. The number of ether oxygens (including phenoxy) is 1. The minimum atomic E-state index is -3.68. The number of halogens is 1. The molecule has 0 aromatic heterocycles. The van der Waals surface area contributed by atoms with Crippen molar-refractivity contribution in [1.82, 2.24) is 9.21 Å². The van der Waals surface area contributed by atoms with Crippen LogP contribution in [0.4, 0.5) is 4.39 Å². The van der Waals surface area contributed by atoms with Crippen LogP contribution in [-0.4, -0.2) is 67.8 Å². The summed E-state index contributed by atoms with van der Waals surface area (Å²) in [5, 5.41) is 11.1. The molecule has 0 spiro atoms. The van der Waals surface area contributed by atoms with Crippen LogP contribution in [0.1, 0.15) is 36.4 Å². The van der Waals surface area contributed by atoms with E-state index in [2.05, 4.69) is 0 Å². The average Bonchev–Trinajstić information content (AvgIpc) is 3.12. The van der Waals surface area contributed by atoms with Crippen molar-refractivity contribution in [3.05, 3.63) is 71.0 Å². The number of nitrogens with zero attached hydrogens (tertiary/aromatic N) is 2. The molecule has 2 aromatic rings. The molecule has 1 atom stereocenters. The van der Waals surface area contributed by atoms with Gasteiger partial charge in [-0.2, -0.15) is 4.31 Å². The Morgan fingerprint density at radius 1 is 1.06 bits per heavy atom. The van der Waals surface area contributed by atoms with Crippen LogP contribution < -0.4 is 0 Å². The first-order valence-corrected chi connectivity index (χ1v) is 12.8. The van der Waals surface area contributed by atoms with Gasteiger partial charge in [-0.05, 0) is 43.2 Å². The molecule has 10 heteroatoms. The van der Waals surface area contributed by atoms with E-state index >= 15 is 0 Å². The molecule has 35 heavy (non-hydrogen) atoms. The molecule has 2 fully saturated rings. The highest BCUT2D eigenvalue weighted by Gasteiger charge is 2.46. The fraction of sp³-hybridized carbons (Fsp3) is 0.360. The molecule has 1 N–H and O–H groups in total. The lowest BCUT2D eigenvalue weighted by Gasteiger charge is -2.26. The zero-order valence-corrected chi connectivity index (χ0v) is 20.1. The van der Waals surface area contributed by atoms with E-state index in [4.69, 9.17) is 4.74 Å². The van der Waals surface area contributed by atoms with Crippen molar-refractivity contribution in [3.63, 3.8) is 0 Å². The molecular weight excluding hydrogens is 475 g/mol. The van der Waals surface area contributed by atoms with Gasteiger partial charge in [0, 0.05) is 37.9 Å². The Morgan fingerprint density at radius 3 is 2.34 bits per heavy atom. The number of amides is 1. The van der Waals surface area contributed by atoms with E-state index in [0.29, 0.717) is 13.1 Å². The molecule has 2 aliphatic heterocycles. The monoisotopic (exact) mass is 502 g/mol. The fourth-order valence-corrected chi connectivity index (χ4v) is 6.03. The summed E-state index contributed by atoms with van der Waals surface area (Å²) in [6.45, 7) is 1.04. The quantitative estimate of drug-likeness (QED) is 0.355. The Balaban J connectivity index is 1.75. The van der Waals surface area contributed by atoms with Gasteiger partial charge in [0.2, 0.25) is 10.0 Å². The summed E-state index contributed by atoms with van der Waals surface area (Å²) >= 11 is 0. The number of benzene rings is 2. The van der Waals surface area contributed by atoms with Crippen LogP contribution >= 0.6 is 0 Å². The van der Waals surface area contributed by atoms with Crippen LogP contribution in [0.25, 0.3) is 5.76 Å².